The maximum absolute atomic E-state index is 10.3. The molecule has 0 unspecified atom stereocenters. The van der Waals surface area contributed by atoms with Gasteiger partial charge in [-0.1, -0.05) is 40.5 Å². The van der Waals surface area contributed by atoms with E-state index in [-0.39, 0.29) is 6.42 Å². The lowest BCUT2D eigenvalue weighted by Crippen LogP contribution is -1.94. The fourth-order valence-electron chi connectivity index (χ4n) is 1.47. The predicted octanol–water partition coefficient (Wildman–Crippen LogP) is 3.64. The molecule has 0 atom stereocenters. The van der Waals surface area contributed by atoms with Gasteiger partial charge in [-0.2, -0.15) is 0 Å². The summed E-state index contributed by atoms with van der Waals surface area (Å²) in [6.45, 7) is 0. The lowest BCUT2D eigenvalue weighted by molar-refractivity contribution is -0.137. The molecule has 1 N–H and O–H groups in total. The number of rotatable bonds is 6. The van der Waals surface area contributed by atoms with Gasteiger partial charge in [-0.25, -0.2) is 0 Å². The normalized spacial score (nSPS) is 10.2. The first kappa shape index (κ1) is 12.2. The van der Waals surface area contributed by atoms with Crippen LogP contribution in [0.2, 0.25) is 0 Å². The van der Waals surface area contributed by atoms with Crippen LogP contribution in [0.5, 0.6) is 0 Å². The second-order valence-corrected chi connectivity index (χ2v) is 4.40. The Kier molecular flexibility index (Phi) is 5.40. The standard InChI is InChI=1S/C12H15BrO2/c13-11-8-5-4-7-10(11)6-2-1-3-9-12(14)15/h4-5,7-8H,1-3,6,9H2,(H,14,15). The van der Waals surface area contributed by atoms with Crippen LogP contribution in [-0.4, -0.2) is 11.1 Å². The molecule has 0 saturated heterocycles. The third kappa shape index (κ3) is 4.98. The topological polar surface area (TPSA) is 37.3 Å². The molecule has 1 aromatic carbocycles. The molecule has 15 heavy (non-hydrogen) atoms. The van der Waals surface area contributed by atoms with Gasteiger partial charge in [0.1, 0.15) is 0 Å². The summed E-state index contributed by atoms with van der Waals surface area (Å²) in [6, 6.07) is 8.16. The largest absolute Gasteiger partial charge is 0.481 e. The second-order valence-electron chi connectivity index (χ2n) is 3.55. The van der Waals surface area contributed by atoms with E-state index in [1.165, 1.54) is 5.56 Å². The Morgan fingerprint density at radius 3 is 2.60 bits per heavy atom. The van der Waals surface area contributed by atoms with Crippen molar-refractivity contribution in [1.82, 2.24) is 0 Å². The van der Waals surface area contributed by atoms with Crippen molar-refractivity contribution < 1.29 is 9.90 Å². The van der Waals surface area contributed by atoms with Crippen LogP contribution in [0.3, 0.4) is 0 Å². The van der Waals surface area contributed by atoms with Gasteiger partial charge in [0.05, 0.1) is 0 Å². The van der Waals surface area contributed by atoms with Crippen LogP contribution >= 0.6 is 15.9 Å². The molecular weight excluding hydrogens is 256 g/mol. The summed E-state index contributed by atoms with van der Waals surface area (Å²) >= 11 is 3.49. The van der Waals surface area contributed by atoms with Crippen LogP contribution in [0.4, 0.5) is 0 Å². The van der Waals surface area contributed by atoms with Crippen molar-refractivity contribution >= 4 is 21.9 Å². The minimum atomic E-state index is -0.698. The summed E-state index contributed by atoms with van der Waals surface area (Å²) in [6.07, 6.45) is 4.11. The van der Waals surface area contributed by atoms with Crippen molar-refractivity contribution in [3.63, 3.8) is 0 Å². The van der Waals surface area contributed by atoms with E-state index in [4.69, 9.17) is 5.11 Å². The highest BCUT2D eigenvalue weighted by atomic mass is 79.9. The highest BCUT2D eigenvalue weighted by Gasteiger charge is 1.99. The monoisotopic (exact) mass is 270 g/mol. The van der Waals surface area contributed by atoms with Gasteiger partial charge in [-0.05, 0) is 30.9 Å². The molecule has 0 aliphatic heterocycles. The molecule has 0 heterocycles. The molecule has 0 amide bonds. The van der Waals surface area contributed by atoms with Crippen molar-refractivity contribution in [2.75, 3.05) is 0 Å². The smallest absolute Gasteiger partial charge is 0.303 e. The van der Waals surface area contributed by atoms with Gasteiger partial charge in [-0.15, -0.1) is 0 Å². The van der Waals surface area contributed by atoms with Gasteiger partial charge in [0, 0.05) is 10.9 Å². The van der Waals surface area contributed by atoms with E-state index in [1.807, 2.05) is 18.2 Å². The SMILES string of the molecule is O=C(O)CCCCCc1ccccc1Br. The summed E-state index contributed by atoms with van der Waals surface area (Å²) in [4.78, 5) is 10.3. The van der Waals surface area contributed by atoms with Gasteiger partial charge < -0.3 is 5.11 Å². The average molecular weight is 271 g/mol. The van der Waals surface area contributed by atoms with Crippen molar-refractivity contribution in [2.24, 2.45) is 0 Å². The second kappa shape index (κ2) is 6.62. The molecule has 3 heteroatoms. The van der Waals surface area contributed by atoms with Gasteiger partial charge in [0.25, 0.3) is 0 Å². The van der Waals surface area contributed by atoms with Gasteiger partial charge in [0.2, 0.25) is 0 Å². The van der Waals surface area contributed by atoms with Gasteiger partial charge >= 0.3 is 5.97 Å². The summed E-state index contributed by atoms with van der Waals surface area (Å²) in [5, 5.41) is 8.47. The number of benzene rings is 1. The van der Waals surface area contributed by atoms with E-state index >= 15 is 0 Å². The molecular formula is C12H15BrO2. The number of aliphatic carboxylic acids is 1. The Bertz CT molecular complexity index is 323. The van der Waals surface area contributed by atoms with Crippen LogP contribution in [-0.2, 0) is 11.2 Å². The Morgan fingerprint density at radius 1 is 1.20 bits per heavy atom. The van der Waals surface area contributed by atoms with Crippen molar-refractivity contribution in [3.05, 3.63) is 34.3 Å². The Labute approximate surface area is 98.4 Å². The molecule has 0 aliphatic rings. The van der Waals surface area contributed by atoms with Crippen molar-refractivity contribution in [2.45, 2.75) is 32.1 Å². The molecule has 0 fully saturated rings. The van der Waals surface area contributed by atoms with Gasteiger partial charge in [-0.3, -0.25) is 4.79 Å². The number of hydrogen-bond donors (Lipinski definition) is 1. The molecule has 1 aromatic rings. The number of carbonyl (C=O) groups is 1. The third-order valence-electron chi connectivity index (χ3n) is 2.29. The fraction of sp³-hybridized carbons (Fsp3) is 0.417. The van der Waals surface area contributed by atoms with Gasteiger partial charge in [0.15, 0.2) is 0 Å². The fourth-order valence-corrected chi connectivity index (χ4v) is 1.95. The number of carboxylic acid groups (broad SMARTS) is 1. The molecule has 2 nitrogen and oxygen atoms in total. The van der Waals surface area contributed by atoms with Crippen LogP contribution in [0.15, 0.2) is 28.7 Å². The molecule has 0 aliphatic carbocycles. The van der Waals surface area contributed by atoms with Crippen LogP contribution in [0, 0.1) is 0 Å². The maximum atomic E-state index is 10.3. The number of halogens is 1. The number of aryl methyl sites for hydroxylation is 1. The van der Waals surface area contributed by atoms with E-state index < -0.39 is 5.97 Å². The summed E-state index contributed by atoms with van der Waals surface area (Å²) in [5.74, 6) is -0.698. The Balaban J connectivity index is 2.21. The number of hydrogen-bond acceptors (Lipinski definition) is 1. The molecule has 1 rings (SSSR count). The number of unbranched alkanes of at least 4 members (excludes halogenated alkanes) is 2. The van der Waals surface area contributed by atoms with E-state index in [9.17, 15) is 4.79 Å². The first-order valence-corrected chi connectivity index (χ1v) is 5.94. The summed E-state index contributed by atoms with van der Waals surface area (Å²) < 4.78 is 1.14. The maximum Gasteiger partial charge on any atom is 0.303 e. The summed E-state index contributed by atoms with van der Waals surface area (Å²) in [5.41, 5.74) is 1.30. The van der Waals surface area contributed by atoms with E-state index in [0.29, 0.717) is 0 Å². The molecule has 0 radical (unpaired) electrons. The van der Waals surface area contributed by atoms with E-state index in [2.05, 4.69) is 22.0 Å². The Morgan fingerprint density at radius 2 is 1.93 bits per heavy atom. The molecule has 0 saturated carbocycles. The molecule has 82 valence electrons. The van der Waals surface area contributed by atoms with E-state index in [1.54, 1.807) is 0 Å². The average Bonchev–Trinajstić information content (AvgIpc) is 2.20. The summed E-state index contributed by atoms with van der Waals surface area (Å²) in [7, 11) is 0. The van der Waals surface area contributed by atoms with Crippen LogP contribution in [0.25, 0.3) is 0 Å². The highest BCUT2D eigenvalue weighted by molar-refractivity contribution is 9.10. The minimum absolute atomic E-state index is 0.288. The predicted molar refractivity (Wildman–Crippen MR) is 63.9 cm³/mol. The van der Waals surface area contributed by atoms with Crippen molar-refractivity contribution in [1.29, 1.82) is 0 Å². The first-order valence-electron chi connectivity index (χ1n) is 5.15. The zero-order chi connectivity index (χ0) is 11.1. The Hall–Kier alpha value is -0.830. The zero-order valence-corrected chi connectivity index (χ0v) is 10.2. The lowest BCUT2D eigenvalue weighted by atomic mass is 10.1. The van der Waals surface area contributed by atoms with Crippen molar-refractivity contribution in [3.8, 4) is 0 Å². The number of carboxylic acids is 1. The van der Waals surface area contributed by atoms with Crippen LogP contribution < -0.4 is 0 Å². The van der Waals surface area contributed by atoms with Crippen LogP contribution in [0.1, 0.15) is 31.2 Å². The highest BCUT2D eigenvalue weighted by Crippen LogP contribution is 2.18. The molecule has 0 bridgehead atoms. The minimum Gasteiger partial charge on any atom is -0.481 e. The third-order valence-corrected chi connectivity index (χ3v) is 3.07. The first-order chi connectivity index (χ1) is 7.20. The lowest BCUT2D eigenvalue weighted by Gasteiger charge is -2.03. The molecule has 0 aromatic heterocycles. The van der Waals surface area contributed by atoms with E-state index in [0.717, 1.165) is 30.2 Å². The molecule has 0 spiro atoms. The quantitative estimate of drug-likeness (QED) is 0.802. The zero-order valence-electron chi connectivity index (χ0n) is 8.58.